The maximum Gasteiger partial charge on any atom is 0.347 e. The fourth-order valence-corrected chi connectivity index (χ4v) is 1.93. The number of hydrogen-bond donors (Lipinski definition) is 1. The molecule has 0 heterocycles. The Kier molecular flexibility index (Phi) is 7.08. The molecule has 1 atom stereocenters. The molecule has 0 saturated heterocycles. The van der Waals surface area contributed by atoms with Crippen molar-refractivity contribution in [3.8, 4) is 5.75 Å². The predicted octanol–water partition coefficient (Wildman–Crippen LogP) is 2.57. The SMILES string of the molecule is CCCCC(Oc1ccc(NC(C)=O)cc1C=O)C(=O)OC. The summed E-state index contributed by atoms with van der Waals surface area (Å²) >= 11 is 0. The first kappa shape index (κ1) is 17.7. The van der Waals surface area contributed by atoms with Gasteiger partial charge in [0.05, 0.1) is 12.7 Å². The van der Waals surface area contributed by atoms with Crippen LogP contribution in [0.5, 0.6) is 5.75 Å². The van der Waals surface area contributed by atoms with Crippen molar-refractivity contribution < 1.29 is 23.9 Å². The summed E-state index contributed by atoms with van der Waals surface area (Å²) in [5.74, 6) is -0.423. The lowest BCUT2D eigenvalue weighted by Gasteiger charge is -2.18. The predicted molar refractivity (Wildman–Crippen MR) is 82.1 cm³/mol. The van der Waals surface area contributed by atoms with Gasteiger partial charge in [-0.1, -0.05) is 13.3 Å². The summed E-state index contributed by atoms with van der Waals surface area (Å²) in [6, 6.07) is 4.66. The highest BCUT2D eigenvalue weighted by Crippen LogP contribution is 2.24. The van der Waals surface area contributed by atoms with Gasteiger partial charge < -0.3 is 14.8 Å². The van der Waals surface area contributed by atoms with Crippen LogP contribution in [0.2, 0.25) is 0 Å². The van der Waals surface area contributed by atoms with Crippen LogP contribution >= 0.6 is 0 Å². The summed E-state index contributed by atoms with van der Waals surface area (Å²) in [5, 5.41) is 2.58. The van der Waals surface area contributed by atoms with Crippen LogP contribution in [0.3, 0.4) is 0 Å². The van der Waals surface area contributed by atoms with Crippen molar-refractivity contribution in [3.63, 3.8) is 0 Å². The molecule has 0 aromatic heterocycles. The monoisotopic (exact) mass is 307 g/mol. The Labute approximate surface area is 129 Å². The van der Waals surface area contributed by atoms with Gasteiger partial charge in [0, 0.05) is 12.6 Å². The van der Waals surface area contributed by atoms with Crippen molar-refractivity contribution in [1.82, 2.24) is 0 Å². The van der Waals surface area contributed by atoms with Crippen molar-refractivity contribution >= 4 is 23.9 Å². The van der Waals surface area contributed by atoms with E-state index in [2.05, 4.69) is 5.32 Å². The minimum absolute atomic E-state index is 0.235. The first-order valence-corrected chi connectivity index (χ1v) is 7.13. The normalized spacial score (nSPS) is 11.4. The highest BCUT2D eigenvalue weighted by Gasteiger charge is 2.22. The summed E-state index contributed by atoms with van der Waals surface area (Å²) < 4.78 is 10.4. The van der Waals surface area contributed by atoms with E-state index < -0.39 is 12.1 Å². The Morgan fingerprint density at radius 3 is 2.64 bits per heavy atom. The number of unbranched alkanes of at least 4 members (excludes halogenated alkanes) is 1. The van der Waals surface area contributed by atoms with Gasteiger partial charge in [-0.3, -0.25) is 9.59 Å². The highest BCUT2D eigenvalue weighted by molar-refractivity contribution is 5.91. The van der Waals surface area contributed by atoms with Crippen molar-refractivity contribution in [2.45, 2.75) is 39.2 Å². The second-order valence-electron chi connectivity index (χ2n) is 4.82. The lowest BCUT2D eigenvalue weighted by atomic mass is 10.1. The number of benzene rings is 1. The second-order valence-corrected chi connectivity index (χ2v) is 4.82. The van der Waals surface area contributed by atoms with Gasteiger partial charge in [-0.2, -0.15) is 0 Å². The Balaban J connectivity index is 2.95. The van der Waals surface area contributed by atoms with E-state index in [9.17, 15) is 14.4 Å². The van der Waals surface area contributed by atoms with Gasteiger partial charge >= 0.3 is 5.97 Å². The molecule has 6 heteroatoms. The van der Waals surface area contributed by atoms with Gasteiger partial charge in [0.15, 0.2) is 12.4 Å². The van der Waals surface area contributed by atoms with Gasteiger partial charge in [-0.15, -0.1) is 0 Å². The molecule has 0 saturated carbocycles. The molecule has 0 spiro atoms. The number of rotatable bonds is 8. The molecule has 0 fully saturated rings. The van der Waals surface area contributed by atoms with Crippen LogP contribution in [0, 0.1) is 0 Å². The molecule has 1 unspecified atom stereocenters. The molecular formula is C16H21NO5. The molecular weight excluding hydrogens is 286 g/mol. The van der Waals surface area contributed by atoms with Gasteiger partial charge in [0.25, 0.3) is 0 Å². The number of carbonyl (C=O) groups is 3. The maximum atomic E-state index is 11.7. The van der Waals surface area contributed by atoms with Crippen molar-refractivity contribution in [2.75, 3.05) is 12.4 Å². The van der Waals surface area contributed by atoms with Crippen LogP contribution in [0.15, 0.2) is 18.2 Å². The summed E-state index contributed by atoms with van der Waals surface area (Å²) in [7, 11) is 1.30. The van der Waals surface area contributed by atoms with Gasteiger partial charge in [-0.25, -0.2) is 4.79 Å². The standard InChI is InChI=1S/C16H21NO5/c1-4-5-6-15(16(20)21-3)22-14-8-7-13(17-11(2)19)9-12(14)10-18/h7-10,15H,4-6H2,1-3H3,(H,17,19). The molecule has 1 amide bonds. The fourth-order valence-electron chi connectivity index (χ4n) is 1.93. The third-order valence-corrected chi connectivity index (χ3v) is 3.01. The molecule has 1 aromatic carbocycles. The van der Waals surface area contributed by atoms with E-state index in [-0.39, 0.29) is 17.2 Å². The Bertz CT molecular complexity index is 541. The minimum atomic E-state index is -0.754. The van der Waals surface area contributed by atoms with Crippen LogP contribution in [0.25, 0.3) is 0 Å². The van der Waals surface area contributed by atoms with Gasteiger partial charge in [0.2, 0.25) is 5.91 Å². The number of esters is 1. The Morgan fingerprint density at radius 2 is 2.09 bits per heavy atom. The molecule has 0 aliphatic carbocycles. The number of nitrogens with one attached hydrogen (secondary N) is 1. The summed E-state index contributed by atoms with van der Waals surface area (Å²) in [4.78, 5) is 34.0. The zero-order chi connectivity index (χ0) is 16.5. The van der Waals surface area contributed by atoms with E-state index in [0.717, 1.165) is 12.8 Å². The zero-order valence-corrected chi connectivity index (χ0v) is 13.0. The molecule has 0 radical (unpaired) electrons. The summed E-state index contributed by atoms with van der Waals surface area (Å²) in [6.07, 6.45) is 2.10. The molecule has 0 bridgehead atoms. The van der Waals surface area contributed by atoms with E-state index in [0.29, 0.717) is 18.4 Å². The quantitative estimate of drug-likeness (QED) is 0.589. The Hall–Kier alpha value is -2.37. The Morgan fingerprint density at radius 1 is 1.36 bits per heavy atom. The molecule has 1 N–H and O–H groups in total. The van der Waals surface area contributed by atoms with Crippen LogP contribution < -0.4 is 10.1 Å². The number of ether oxygens (including phenoxy) is 2. The number of carbonyl (C=O) groups excluding carboxylic acids is 3. The summed E-state index contributed by atoms with van der Waals surface area (Å²) in [5.41, 5.74) is 0.752. The molecule has 1 aromatic rings. The van der Waals surface area contributed by atoms with E-state index in [4.69, 9.17) is 9.47 Å². The second kappa shape index (κ2) is 8.81. The van der Waals surface area contributed by atoms with Crippen LogP contribution in [-0.4, -0.2) is 31.4 Å². The summed E-state index contributed by atoms with van der Waals surface area (Å²) in [6.45, 7) is 3.39. The highest BCUT2D eigenvalue weighted by atomic mass is 16.6. The molecule has 22 heavy (non-hydrogen) atoms. The van der Waals surface area contributed by atoms with E-state index in [1.807, 2.05) is 6.92 Å². The smallest absolute Gasteiger partial charge is 0.347 e. The van der Waals surface area contributed by atoms with Crippen molar-refractivity contribution in [2.24, 2.45) is 0 Å². The lowest BCUT2D eigenvalue weighted by molar-refractivity contribution is -0.149. The van der Waals surface area contributed by atoms with E-state index in [1.165, 1.54) is 20.1 Å². The average molecular weight is 307 g/mol. The van der Waals surface area contributed by atoms with Crippen LogP contribution in [0.1, 0.15) is 43.5 Å². The maximum absolute atomic E-state index is 11.7. The number of amides is 1. The van der Waals surface area contributed by atoms with E-state index in [1.54, 1.807) is 12.1 Å². The largest absolute Gasteiger partial charge is 0.478 e. The first-order chi connectivity index (χ1) is 10.5. The van der Waals surface area contributed by atoms with Crippen molar-refractivity contribution in [1.29, 1.82) is 0 Å². The molecule has 0 aliphatic rings. The zero-order valence-electron chi connectivity index (χ0n) is 13.0. The average Bonchev–Trinajstić information content (AvgIpc) is 2.51. The number of hydrogen-bond acceptors (Lipinski definition) is 5. The number of aldehydes is 1. The van der Waals surface area contributed by atoms with Gasteiger partial charge in [-0.05, 0) is 31.0 Å². The third-order valence-electron chi connectivity index (χ3n) is 3.01. The topological polar surface area (TPSA) is 81.7 Å². The number of anilines is 1. The lowest BCUT2D eigenvalue weighted by Crippen LogP contribution is -2.29. The molecule has 6 nitrogen and oxygen atoms in total. The van der Waals surface area contributed by atoms with Gasteiger partial charge in [0.1, 0.15) is 5.75 Å². The molecule has 120 valence electrons. The van der Waals surface area contributed by atoms with Crippen LogP contribution in [0.4, 0.5) is 5.69 Å². The minimum Gasteiger partial charge on any atom is -0.478 e. The van der Waals surface area contributed by atoms with E-state index >= 15 is 0 Å². The van der Waals surface area contributed by atoms with Crippen molar-refractivity contribution in [3.05, 3.63) is 23.8 Å². The molecule has 1 rings (SSSR count). The first-order valence-electron chi connectivity index (χ1n) is 7.13. The van der Waals surface area contributed by atoms with Crippen LogP contribution in [-0.2, 0) is 14.3 Å². The number of methoxy groups -OCH3 is 1. The fraction of sp³-hybridized carbons (Fsp3) is 0.438. The molecule has 0 aliphatic heterocycles. The third kappa shape index (κ3) is 5.20.